The zero-order chi connectivity index (χ0) is 28.6. The minimum atomic E-state index is -4.48. The summed E-state index contributed by atoms with van der Waals surface area (Å²) in [5.41, 5.74) is 1.41. The molecule has 4 rings (SSSR count). The van der Waals surface area contributed by atoms with Crippen LogP contribution in [0.1, 0.15) is 52.5 Å². The van der Waals surface area contributed by atoms with Gasteiger partial charge in [0, 0.05) is 47.6 Å². The second-order valence-electron chi connectivity index (χ2n) is 9.81. The summed E-state index contributed by atoms with van der Waals surface area (Å²) >= 11 is 13.1. The first-order chi connectivity index (χ1) is 18.3. The van der Waals surface area contributed by atoms with Crippen molar-refractivity contribution in [2.45, 2.75) is 45.5 Å². The molecule has 210 valence electrons. The standard InChI is InChI=1S/C28H28Cl2F4N2O3/c1-4-39-25(37)10-16-7-8-36(14-23(16)31)27(38)19-5-6-22(29)21(26(19)30)13-18-12-20-15(2)9-17(28(32,33)34)11-24(20)35(18)3/h5-6,9,11-12,16,23H,4,7-8,10,13-14H2,1-3H3. The molecule has 0 N–H and O–H groups in total. The van der Waals surface area contributed by atoms with Gasteiger partial charge in [0.25, 0.3) is 5.91 Å². The van der Waals surface area contributed by atoms with Crippen molar-refractivity contribution in [3.63, 3.8) is 0 Å². The van der Waals surface area contributed by atoms with Crippen LogP contribution < -0.4 is 0 Å². The number of benzene rings is 2. The average molecular weight is 587 g/mol. The fraction of sp³-hybridized carbons (Fsp3) is 0.429. The zero-order valence-electron chi connectivity index (χ0n) is 21.7. The zero-order valence-corrected chi connectivity index (χ0v) is 23.2. The Hall–Kier alpha value is -2.78. The molecule has 2 atom stereocenters. The average Bonchev–Trinajstić information content (AvgIpc) is 3.18. The number of esters is 1. The van der Waals surface area contributed by atoms with Crippen LogP contribution in [0.3, 0.4) is 0 Å². The third-order valence-corrected chi connectivity index (χ3v) is 8.05. The van der Waals surface area contributed by atoms with Crippen molar-refractivity contribution in [3.8, 4) is 0 Å². The predicted octanol–water partition coefficient (Wildman–Crippen LogP) is 7.16. The molecule has 39 heavy (non-hydrogen) atoms. The van der Waals surface area contributed by atoms with Gasteiger partial charge in [-0.15, -0.1) is 0 Å². The van der Waals surface area contributed by atoms with Crippen LogP contribution >= 0.6 is 23.2 Å². The number of rotatable bonds is 6. The van der Waals surface area contributed by atoms with Gasteiger partial charge >= 0.3 is 12.1 Å². The Labute approximate surface area is 233 Å². The molecule has 1 fully saturated rings. The molecular formula is C28H28Cl2F4N2O3. The lowest BCUT2D eigenvalue weighted by atomic mass is 9.91. The van der Waals surface area contributed by atoms with E-state index in [0.717, 1.165) is 12.1 Å². The molecule has 1 saturated heterocycles. The van der Waals surface area contributed by atoms with Crippen molar-refractivity contribution >= 4 is 46.0 Å². The van der Waals surface area contributed by atoms with E-state index < -0.39 is 35.7 Å². The second-order valence-corrected chi connectivity index (χ2v) is 10.6. The van der Waals surface area contributed by atoms with Gasteiger partial charge in [0.05, 0.1) is 35.7 Å². The first-order valence-electron chi connectivity index (χ1n) is 12.5. The third kappa shape index (κ3) is 6.04. The number of hydrogen-bond donors (Lipinski definition) is 0. The number of aromatic nitrogens is 1. The van der Waals surface area contributed by atoms with Crippen LogP contribution in [0, 0.1) is 12.8 Å². The molecule has 1 aromatic heterocycles. The Morgan fingerprint density at radius 2 is 1.87 bits per heavy atom. The predicted molar refractivity (Wildman–Crippen MR) is 142 cm³/mol. The maximum atomic E-state index is 14.9. The maximum absolute atomic E-state index is 14.9. The molecule has 1 aliphatic heterocycles. The number of hydrogen-bond acceptors (Lipinski definition) is 3. The third-order valence-electron chi connectivity index (χ3n) is 7.27. The normalized spacial score (nSPS) is 18.0. The molecule has 0 radical (unpaired) electrons. The Balaban J connectivity index is 1.58. The number of fused-ring (bicyclic) bond motifs is 1. The summed E-state index contributed by atoms with van der Waals surface area (Å²) in [5, 5.41) is 1.07. The van der Waals surface area contributed by atoms with Crippen LogP contribution in [0.25, 0.3) is 10.9 Å². The van der Waals surface area contributed by atoms with Crippen LogP contribution in [0.2, 0.25) is 10.0 Å². The molecule has 2 unspecified atom stereocenters. The van der Waals surface area contributed by atoms with Crippen molar-refractivity contribution in [1.29, 1.82) is 0 Å². The highest BCUT2D eigenvalue weighted by Crippen LogP contribution is 2.37. The molecule has 11 heteroatoms. The Morgan fingerprint density at radius 3 is 2.51 bits per heavy atom. The smallest absolute Gasteiger partial charge is 0.416 e. The number of nitrogens with zero attached hydrogens (tertiary/aromatic N) is 2. The number of piperidine rings is 1. The minimum Gasteiger partial charge on any atom is -0.466 e. The number of carbonyl (C=O) groups is 2. The van der Waals surface area contributed by atoms with Crippen molar-refractivity contribution in [3.05, 3.63) is 68.3 Å². The van der Waals surface area contributed by atoms with Gasteiger partial charge in [-0.05, 0) is 61.7 Å². The van der Waals surface area contributed by atoms with Crippen molar-refractivity contribution < 1.29 is 31.9 Å². The maximum Gasteiger partial charge on any atom is 0.416 e. The van der Waals surface area contributed by atoms with E-state index in [4.69, 9.17) is 27.9 Å². The quantitative estimate of drug-likeness (QED) is 0.227. The Kier molecular flexibility index (Phi) is 8.52. The Bertz CT molecular complexity index is 1420. The second kappa shape index (κ2) is 11.4. The van der Waals surface area contributed by atoms with Gasteiger partial charge in [0.15, 0.2) is 0 Å². The van der Waals surface area contributed by atoms with Gasteiger partial charge in [0.1, 0.15) is 6.17 Å². The number of carbonyl (C=O) groups excluding carboxylic acids is 2. The van der Waals surface area contributed by atoms with Gasteiger partial charge < -0.3 is 14.2 Å². The largest absolute Gasteiger partial charge is 0.466 e. The minimum absolute atomic E-state index is 0.0438. The summed E-state index contributed by atoms with van der Waals surface area (Å²) in [7, 11) is 1.66. The lowest BCUT2D eigenvalue weighted by molar-refractivity contribution is -0.145. The molecule has 2 heterocycles. The fourth-order valence-electron chi connectivity index (χ4n) is 5.07. The van der Waals surface area contributed by atoms with Crippen molar-refractivity contribution in [1.82, 2.24) is 9.47 Å². The van der Waals surface area contributed by atoms with Crippen LogP contribution in [0.5, 0.6) is 0 Å². The molecule has 1 aliphatic rings. The van der Waals surface area contributed by atoms with Crippen LogP contribution in [0.4, 0.5) is 17.6 Å². The van der Waals surface area contributed by atoms with Gasteiger partial charge in [0.2, 0.25) is 0 Å². The fourth-order valence-corrected chi connectivity index (χ4v) is 5.66. The number of likely N-dealkylation sites (tertiary alicyclic amines) is 1. The first-order valence-corrected chi connectivity index (χ1v) is 13.3. The van der Waals surface area contributed by atoms with E-state index in [1.165, 1.54) is 17.0 Å². The molecule has 0 aliphatic carbocycles. The van der Waals surface area contributed by atoms with E-state index in [1.807, 2.05) is 0 Å². The lowest BCUT2D eigenvalue weighted by Gasteiger charge is -2.34. The van der Waals surface area contributed by atoms with E-state index in [-0.39, 0.29) is 43.1 Å². The van der Waals surface area contributed by atoms with Gasteiger partial charge in [-0.25, -0.2) is 4.39 Å². The summed E-state index contributed by atoms with van der Waals surface area (Å²) in [4.78, 5) is 26.5. The van der Waals surface area contributed by atoms with Gasteiger partial charge in [-0.3, -0.25) is 9.59 Å². The van der Waals surface area contributed by atoms with E-state index in [2.05, 4.69) is 0 Å². The molecule has 5 nitrogen and oxygen atoms in total. The molecule has 0 spiro atoms. The number of ether oxygens (including phenoxy) is 1. The molecule has 0 bridgehead atoms. The summed E-state index contributed by atoms with van der Waals surface area (Å²) in [5.74, 6) is -1.46. The molecule has 2 aromatic carbocycles. The van der Waals surface area contributed by atoms with Crippen LogP contribution in [-0.2, 0) is 29.2 Å². The number of amides is 1. The van der Waals surface area contributed by atoms with Crippen molar-refractivity contribution in [2.75, 3.05) is 19.7 Å². The summed E-state index contributed by atoms with van der Waals surface area (Å²) in [6, 6.07) is 7.02. The number of halogens is 6. The monoisotopic (exact) mass is 586 g/mol. The topological polar surface area (TPSA) is 51.5 Å². The summed E-state index contributed by atoms with van der Waals surface area (Å²) < 4.78 is 61.5. The summed E-state index contributed by atoms with van der Waals surface area (Å²) in [6.07, 6.45) is -5.44. The molecule has 3 aromatic rings. The summed E-state index contributed by atoms with van der Waals surface area (Å²) in [6.45, 7) is 3.59. The molecular weight excluding hydrogens is 559 g/mol. The van der Waals surface area contributed by atoms with Crippen molar-refractivity contribution in [2.24, 2.45) is 13.0 Å². The van der Waals surface area contributed by atoms with E-state index >= 15 is 0 Å². The Morgan fingerprint density at radius 1 is 1.15 bits per heavy atom. The molecule has 1 amide bonds. The molecule has 0 saturated carbocycles. The van der Waals surface area contributed by atoms with Crippen LogP contribution in [-0.4, -0.2) is 47.2 Å². The SMILES string of the molecule is CCOC(=O)CC1CCN(C(=O)c2ccc(Cl)c(Cc3cc4c(C)cc(C(F)(F)F)cc4n3C)c2Cl)CC1F. The van der Waals surface area contributed by atoms with E-state index in [1.54, 1.807) is 31.5 Å². The highest BCUT2D eigenvalue weighted by molar-refractivity contribution is 6.38. The van der Waals surface area contributed by atoms with Crippen LogP contribution in [0.15, 0.2) is 30.3 Å². The van der Waals surface area contributed by atoms with E-state index in [0.29, 0.717) is 39.2 Å². The number of alkyl halides is 4. The van der Waals surface area contributed by atoms with E-state index in [9.17, 15) is 27.2 Å². The highest BCUT2D eigenvalue weighted by Gasteiger charge is 2.35. The number of aryl methyl sites for hydroxylation is 2. The first kappa shape index (κ1) is 29.2. The van der Waals surface area contributed by atoms with Gasteiger partial charge in [-0.2, -0.15) is 13.2 Å². The lowest BCUT2D eigenvalue weighted by Crippen LogP contribution is -2.45. The van der Waals surface area contributed by atoms with Gasteiger partial charge in [-0.1, -0.05) is 23.2 Å². The highest BCUT2D eigenvalue weighted by atomic mass is 35.5.